The molecule has 1 aliphatic heterocycles. The van der Waals surface area contributed by atoms with Crippen molar-refractivity contribution in [3.63, 3.8) is 0 Å². The Labute approximate surface area is 152 Å². The quantitative estimate of drug-likeness (QED) is 0.860. The summed E-state index contributed by atoms with van der Waals surface area (Å²) in [6.07, 6.45) is 1.71. The van der Waals surface area contributed by atoms with E-state index in [1.807, 2.05) is 6.07 Å². The SMILES string of the molecule is Cc1[nH]c(C(=O)Nc2ccc(C#N)cc2)c(C)c1S(=O)(=O)N1CCCC1. The fourth-order valence-corrected chi connectivity index (χ4v) is 5.15. The molecule has 1 aromatic heterocycles. The molecule has 2 aromatic rings. The van der Waals surface area contributed by atoms with Crippen LogP contribution < -0.4 is 5.32 Å². The molecule has 0 spiro atoms. The molecule has 8 heteroatoms. The lowest BCUT2D eigenvalue weighted by atomic mass is 10.2. The van der Waals surface area contributed by atoms with Crippen molar-refractivity contribution in [2.45, 2.75) is 31.6 Å². The summed E-state index contributed by atoms with van der Waals surface area (Å²) in [5, 5.41) is 11.5. The Kier molecular flexibility index (Phi) is 4.85. The smallest absolute Gasteiger partial charge is 0.272 e. The molecular weight excluding hydrogens is 352 g/mol. The second-order valence-electron chi connectivity index (χ2n) is 6.33. The standard InChI is InChI=1S/C18H20N4O3S/c1-12-16(18(23)21-15-7-5-14(11-19)6-8-15)20-13(2)17(12)26(24,25)22-9-3-4-10-22/h5-8,20H,3-4,9-10H2,1-2H3,(H,21,23). The first-order valence-electron chi connectivity index (χ1n) is 8.35. The van der Waals surface area contributed by atoms with Gasteiger partial charge < -0.3 is 10.3 Å². The summed E-state index contributed by atoms with van der Waals surface area (Å²) in [5.74, 6) is -0.418. The number of nitrogens with one attached hydrogen (secondary N) is 2. The number of amides is 1. The number of nitriles is 1. The van der Waals surface area contributed by atoms with Gasteiger partial charge in [0, 0.05) is 24.5 Å². The van der Waals surface area contributed by atoms with Gasteiger partial charge in [-0.15, -0.1) is 0 Å². The summed E-state index contributed by atoms with van der Waals surface area (Å²) in [5.41, 5.74) is 2.13. The number of carbonyl (C=O) groups excluding carboxylic acids is 1. The van der Waals surface area contributed by atoms with Crippen molar-refractivity contribution in [3.8, 4) is 6.07 Å². The first-order chi connectivity index (χ1) is 12.3. The Morgan fingerprint density at radius 1 is 1.19 bits per heavy atom. The third-order valence-corrected chi connectivity index (χ3v) is 6.70. The van der Waals surface area contributed by atoms with E-state index in [9.17, 15) is 13.2 Å². The number of hydrogen-bond acceptors (Lipinski definition) is 4. The molecule has 0 radical (unpaired) electrons. The molecule has 2 N–H and O–H groups in total. The molecule has 0 aliphatic carbocycles. The number of benzene rings is 1. The molecule has 1 fully saturated rings. The molecule has 0 atom stereocenters. The van der Waals surface area contributed by atoms with Crippen molar-refractivity contribution < 1.29 is 13.2 Å². The summed E-state index contributed by atoms with van der Waals surface area (Å²) in [6.45, 7) is 4.33. The number of aromatic amines is 1. The predicted molar refractivity (Wildman–Crippen MR) is 97.4 cm³/mol. The summed E-state index contributed by atoms with van der Waals surface area (Å²) in [6, 6.07) is 8.47. The van der Waals surface area contributed by atoms with Gasteiger partial charge in [0.15, 0.2) is 0 Å². The minimum atomic E-state index is -3.61. The van der Waals surface area contributed by atoms with E-state index in [0.29, 0.717) is 35.6 Å². The van der Waals surface area contributed by atoms with Crippen LogP contribution in [0.1, 0.15) is 40.2 Å². The molecule has 0 bridgehead atoms. The van der Waals surface area contributed by atoms with E-state index in [1.165, 1.54) is 4.31 Å². The number of nitrogens with zero attached hydrogens (tertiary/aromatic N) is 2. The number of rotatable bonds is 4. The Hall–Kier alpha value is -2.63. The van der Waals surface area contributed by atoms with E-state index in [2.05, 4.69) is 10.3 Å². The van der Waals surface area contributed by atoms with Crippen LogP contribution in [0.3, 0.4) is 0 Å². The Balaban J connectivity index is 1.89. The van der Waals surface area contributed by atoms with Gasteiger partial charge in [0.1, 0.15) is 10.6 Å². The maximum absolute atomic E-state index is 12.9. The van der Waals surface area contributed by atoms with Crippen LogP contribution in [0.15, 0.2) is 29.2 Å². The number of anilines is 1. The van der Waals surface area contributed by atoms with Gasteiger partial charge in [0.05, 0.1) is 11.6 Å². The van der Waals surface area contributed by atoms with Crippen LogP contribution in [0.5, 0.6) is 0 Å². The minimum Gasteiger partial charge on any atom is -0.353 e. The van der Waals surface area contributed by atoms with Gasteiger partial charge in [-0.25, -0.2) is 8.42 Å². The molecule has 0 saturated carbocycles. The topological polar surface area (TPSA) is 106 Å². The Bertz CT molecular complexity index is 979. The molecule has 2 heterocycles. The molecule has 26 heavy (non-hydrogen) atoms. The zero-order chi connectivity index (χ0) is 18.9. The molecule has 1 aromatic carbocycles. The van der Waals surface area contributed by atoms with Crippen molar-refractivity contribution >= 4 is 21.6 Å². The van der Waals surface area contributed by atoms with Gasteiger partial charge >= 0.3 is 0 Å². The van der Waals surface area contributed by atoms with Crippen molar-refractivity contribution in [2.75, 3.05) is 18.4 Å². The van der Waals surface area contributed by atoms with Gasteiger partial charge in [-0.1, -0.05) is 0 Å². The van der Waals surface area contributed by atoms with Gasteiger partial charge in [0.2, 0.25) is 10.0 Å². The second-order valence-corrected chi connectivity index (χ2v) is 8.21. The number of hydrogen-bond donors (Lipinski definition) is 2. The number of aryl methyl sites for hydroxylation is 1. The highest BCUT2D eigenvalue weighted by molar-refractivity contribution is 7.89. The van der Waals surface area contributed by atoms with E-state index in [0.717, 1.165) is 12.8 Å². The summed E-state index contributed by atoms with van der Waals surface area (Å²) >= 11 is 0. The number of carbonyl (C=O) groups is 1. The minimum absolute atomic E-state index is 0.185. The fourth-order valence-electron chi connectivity index (χ4n) is 3.23. The molecule has 1 amide bonds. The molecule has 136 valence electrons. The van der Waals surface area contributed by atoms with Crippen LogP contribution in [-0.2, 0) is 10.0 Å². The third kappa shape index (κ3) is 3.23. The first kappa shape index (κ1) is 18.2. The van der Waals surface area contributed by atoms with E-state index >= 15 is 0 Å². The summed E-state index contributed by atoms with van der Waals surface area (Å²) in [4.78, 5) is 15.7. The van der Waals surface area contributed by atoms with Gasteiger partial charge in [-0.2, -0.15) is 9.57 Å². The lowest BCUT2D eigenvalue weighted by Gasteiger charge is -2.16. The maximum atomic E-state index is 12.9. The maximum Gasteiger partial charge on any atom is 0.272 e. The third-order valence-electron chi connectivity index (χ3n) is 4.53. The summed E-state index contributed by atoms with van der Waals surface area (Å²) in [7, 11) is -3.61. The fraction of sp³-hybridized carbons (Fsp3) is 0.333. The second kappa shape index (κ2) is 6.94. The van der Waals surface area contributed by atoms with Crippen LogP contribution in [0.25, 0.3) is 0 Å². The van der Waals surface area contributed by atoms with Crippen LogP contribution in [0.4, 0.5) is 5.69 Å². The summed E-state index contributed by atoms with van der Waals surface area (Å²) < 4.78 is 27.2. The molecule has 7 nitrogen and oxygen atoms in total. The van der Waals surface area contributed by atoms with Crippen molar-refractivity contribution in [1.29, 1.82) is 5.26 Å². The molecule has 1 saturated heterocycles. The monoisotopic (exact) mass is 372 g/mol. The zero-order valence-electron chi connectivity index (χ0n) is 14.7. The Morgan fingerprint density at radius 2 is 1.81 bits per heavy atom. The van der Waals surface area contributed by atoms with E-state index in [-0.39, 0.29) is 10.6 Å². The lowest BCUT2D eigenvalue weighted by molar-refractivity contribution is 0.102. The highest BCUT2D eigenvalue weighted by Crippen LogP contribution is 2.29. The zero-order valence-corrected chi connectivity index (χ0v) is 15.5. The normalized spacial score (nSPS) is 15.0. The lowest BCUT2D eigenvalue weighted by Crippen LogP contribution is -2.28. The Morgan fingerprint density at radius 3 is 2.38 bits per heavy atom. The largest absolute Gasteiger partial charge is 0.353 e. The van der Waals surface area contributed by atoms with Crippen molar-refractivity contribution in [3.05, 3.63) is 46.8 Å². The van der Waals surface area contributed by atoms with Crippen molar-refractivity contribution in [2.24, 2.45) is 0 Å². The van der Waals surface area contributed by atoms with Crippen LogP contribution in [-0.4, -0.2) is 36.7 Å². The van der Waals surface area contributed by atoms with Crippen LogP contribution in [0, 0.1) is 25.2 Å². The van der Waals surface area contributed by atoms with Crippen molar-refractivity contribution in [1.82, 2.24) is 9.29 Å². The molecule has 0 unspecified atom stereocenters. The highest BCUT2D eigenvalue weighted by Gasteiger charge is 2.33. The molecule has 1 aliphatic rings. The van der Waals surface area contributed by atoms with Crippen LogP contribution >= 0.6 is 0 Å². The number of aromatic nitrogens is 1. The number of sulfonamides is 1. The van der Waals surface area contributed by atoms with Gasteiger partial charge in [-0.3, -0.25) is 4.79 Å². The highest BCUT2D eigenvalue weighted by atomic mass is 32.2. The average Bonchev–Trinajstić information content (AvgIpc) is 3.24. The molecular formula is C18H20N4O3S. The predicted octanol–water partition coefficient (Wildman–Crippen LogP) is 2.54. The van der Waals surface area contributed by atoms with Crippen LogP contribution in [0.2, 0.25) is 0 Å². The number of H-pyrrole nitrogens is 1. The first-order valence-corrected chi connectivity index (χ1v) is 9.79. The molecule has 3 rings (SSSR count). The average molecular weight is 372 g/mol. The van der Waals surface area contributed by atoms with E-state index < -0.39 is 15.9 Å². The van der Waals surface area contributed by atoms with Gasteiger partial charge in [0.25, 0.3) is 5.91 Å². The van der Waals surface area contributed by atoms with E-state index in [4.69, 9.17) is 5.26 Å². The van der Waals surface area contributed by atoms with Gasteiger partial charge in [-0.05, 0) is 56.5 Å². The van der Waals surface area contributed by atoms with E-state index in [1.54, 1.807) is 38.1 Å².